The fourth-order valence-electron chi connectivity index (χ4n) is 4.16. The summed E-state index contributed by atoms with van der Waals surface area (Å²) in [4.78, 5) is 14.3. The number of hydrogen-bond acceptors (Lipinski definition) is 4. The molecule has 2 heterocycles. The zero-order valence-corrected chi connectivity index (χ0v) is 21.0. The van der Waals surface area contributed by atoms with Crippen molar-refractivity contribution in [3.05, 3.63) is 107 Å². The van der Waals surface area contributed by atoms with Gasteiger partial charge in [0.05, 0.1) is 36.1 Å². The molecular formula is C28H24ClN3O2S. The Morgan fingerprint density at radius 3 is 2.69 bits per heavy atom. The minimum Gasteiger partial charge on any atom is -0.462 e. The first kappa shape index (κ1) is 23.3. The van der Waals surface area contributed by atoms with Crippen molar-refractivity contribution in [2.75, 3.05) is 6.61 Å². The Labute approximate surface area is 213 Å². The van der Waals surface area contributed by atoms with Gasteiger partial charge in [0.25, 0.3) is 0 Å². The molecule has 5 aromatic rings. The number of hydrogen-bond donors (Lipinski definition) is 0. The first-order valence-electron chi connectivity index (χ1n) is 11.4. The van der Waals surface area contributed by atoms with Gasteiger partial charge in [-0.15, -0.1) is 0 Å². The highest BCUT2D eigenvalue weighted by Crippen LogP contribution is 2.40. The maximum absolute atomic E-state index is 12.2. The number of nitrogens with zero attached hydrogens (tertiary/aromatic N) is 3. The standard InChI is InChI=1S/C28H24ClN3O2S/c1-3-34-28(33)21-10-7-11-24(14-21)35-27-19(2)32(26-15-22(29)12-13-25(26)27)23-16-30-31(18-23)17-20-8-5-4-6-9-20/h4-16,18H,3,17H2,1-2H3. The summed E-state index contributed by atoms with van der Waals surface area (Å²) < 4.78 is 9.30. The van der Waals surface area contributed by atoms with Crippen LogP contribution in [0, 0.1) is 6.92 Å². The van der Waals surface area contributed by atoms with E-state index in [-0.39, 0.29) is 5.97 Å². The van der Waals surface area contributed by atoms with E-state index in [2.05, 4.69) is 34.9 Å². The fourth-order valence-corrected chi connectivity index (χ4v) is 5.42. The number of benzene rings is 3. The van der Waals surface area contributed by atoms with Crippen molar-refractivity contribution in [1.29, 1.82) is 0 Å². The van der Waals surface area contributed by atoms with E-state index in [1.54, 1.807) is 17.8 Å². The molecule has 0 saturated heterocycles. The molecule has 0 fully saturated rings. The second kappa shape index (κ2) is 10.0. The van der Waals surface area contributed by atoms with Crippen LogP contribution in [0.1, 0.15) is 28.5 Å². The number of halogens is 1. The molecule has 5 rings (SSSR count). The minimum absolute atomic E-state index is 0.313. The number of ether oxygens (including phenoxy) is 1. The highest BCUT2D eigenvalue weighted by Gasteiger charge is 2.19. The molecule has 0 saturated carbocycles. The van der Waals surface area contributed by atoms with Crippen molar-refractivity contribution in [3.63, 3.8) is 0 Å². The first-order valence-corrected chi connectivity index (χ1v) is 12.6. The molecule has 7 heteroatoms. The molecule has 0 aliphatic rings. The zero-order valence-electron chi connectivity index (χ0n) is 19.4. The van der Waals surface area contributed by atoms with Gasteiger partial charge in [-0.25, -0.2) is 4.79 Å². The van der Waals surface area contributed by atoms with E-state index in [1.807, 2.05) is 72.4 Å². The largest absolute Gasteiger partial charge is 0.462 e. The zero-order chi connectivity index (χ0) is 24.4. The first-order chi connectivity index (χ1) is 17.0. The quantitative estimate of drug-likeness (QED) is 0.222. The molecule has 0 atom stereocenters. The van der Waals surface area contributed by atoms with E-state index in [9.17, 15) is 4.79 Å². The Balaban J connectivity index is 1.54. The molecule has 5 nitrogen and oxygen atoms in total. The van der Waals surface area contributed by atoms with Crippen LogP contribution in [0.15, 0.2) is 95.0 Å². The Morgan fingerprint density at radius 1 is 1.06 bits per heavy atom. The number of rotatable bonds is 7. The van der Waals surface area contributed by atoms with Crippen molar-refractivity contribution in [2.45, 2.75) is 30.2 Å². The summed E-state index contributed by atoms with van der Waals surface area (Å²) in [7, 11) is 0. The van der Waals surface area contributed by atoms with Gasteiger partial charge in [0.2, 0.25) is 0 Å². The molecule has 2 aromatic heterocycles. The number of aromatic nitrogens is 3. The van der Waals surface area contributed by atoms with Gasteiger partial charge < -0.3 is 9.30 Å². The lowest BCUT2D eigenvalue weighted by Gasteiger charge is -2.07. The lowest BCUT2D eigenvalue weighted by Crippen LogP contribution is -2.04. The van der Waals surface area contributed by atoms with E-state index in [0.29, 0.717) is 23.7 Å². The summed E-state index contributed by atoms with van der Waals surface area (Å²) >= 11 is 8.03. The lowest BCUT2D eigenvalue weighted by atomic mass is 10.2. The lowest BCUT2D eigenvalue weighted by molar-refractivity contribution is 0.0526. The Hall–Kier alpha value is -3.48. The second-order valence-electron chi connectivity index (χ2n) is 8.14. The van der Waals surface area contributed by atoms with Crippen LogP contribution in [0.5, 0.6) is 0 Å². The van der Waals surface area contributed by atoms with Gasteiger partial charge in [-0.1, -0.05) is 65.8 Å². The summed E-state index contributed by atoms with van der Waals surface area (Å²) in [6.07, 6.45) is 3.93. The number of carbonyl (C=O) groups is 1. The topological polar surface area (TPSA) is 49.1 Å². The third-order valence-corrected chi connectivity index (χ3v) is 7.18. The molecule has 0 amide bonds. The van der Waals surface area contributed by atoms with Gasteiger partial charge >= 0.3 is 5.97 Å². The van der Waals surface area contributed by atoms with Crippen LogP contribution in [0.25, 0.3) is 16.6 Å². The summed E-state index contributed by atoms with van der Waals surface area (Å²) in [5.74, 6) is -0.313. The molecule has 0 aliphatic heterocycles. The van der Waals surface area contributed by atoms with Crippen LogP contribution in [0.2, 0.25) is 5.02 Å². The van der Waals surface area contributed by atoms with Crippen LogP contribution >= 0.6 is 23.4 Å². The number of fused-ring (bicyclic) bond motifs is 1. The Morgan fingerprint density at radius 2 is 1.89 bits per heavy atom. The molecule has 35 heavy (non-hydrogen) atoms. The van der Waals surface area contributed by atoms with Crippen LogP contribution in [0.4, 0.5) is 0 Å². The third kappa shape index (κ3) is 4.85. The van der Waals surface area contributed by atoms with Gasteiger partial charge in [0.1, 0.15) is 0 Å². The molecule has 3 aromatic carbocycles. The Bertz CT molecular complexity index is 1510. The van der Waals surface area contributed by atoms with Gasteiger partial charge in [-0.3, -0.25) is 4.68 Å². The van der Waals surface area contributed by atoms with Crippen molar-refractivity contribution in [1.82, 2.24) is 14.3 Å². The van der Waals surface area contributed by atoms with E-state index >= 15 is 0 Å². The molecule has 0 aliphatic carbocycles. The molecule has 176 valence electrons. The second-order valence-corrected chi connectivity index (χ2v) is 9.66. The molecule has 0 radical (unpaired) electrons. The van der Waals surface area contributed by atoms with Crippen LogP contribution < -0.4 is 0 Å². The molecule has 0 bridgehead atoms. The maximum Gasteiger partial charge on any atom is 0.338 e. The predicted octanol–water partition coefficient (Wildman–Crippen LogP) is 7.17. The smallest absolute Gasteiger partial charge is 0.338 e. The van der Waals surface area contributed by atoms with Crippen LogP contribution in [-0.4, -0.2) is 26.9 Å². The predicted molar refractivity (Wildman–Crippen MR) is 141 cm³/mol. The molecule has 0 unspecified atom stereocenters. The number of carbonyl (C=O) groups excluding carboxylic acids is 1. The summed E-state index contributed by atoms with van der Waals surface area (Å²) in [5, 5.41) is 6.37. The Kier molecular flexibility index (Phi) is 6.66. The van der Waals surface area contributed by atoms with Gasteiger partial charge in [-0.2, -0.15) is 5.10 Å². The molecule has 0 spiro atoms. The van der Waals surface area contributed by atoms with Crippen molar-refractivity contribution in [2.24, 2.45) is 0 Å². The summed E-state index contributed by atoms with van der Waals surface area (Å²) in [6.45, 7) is 4.95. The van der Waals surface area contributed by atoms with Crippen LogP contribution in [-0.2, 0) is 11.3 Å². The average Bonchev–Trinajstić information content (AvgIpc) is 3.41. The van der Waals surface area contributed by atoms with Crippen molar-refractivity contribution >= 4 is 40.2 Å². The maximum atomic E-state index is 12.2. The van der Waals surface area contributed by atoms with E-state index < -0.39 is 0 Å². The van der Waals surface area contributed by atoms with Gasteiger partial charge in [0, 0.05) is 32.1 Å². The molecular weight excluding hydrogens is 478 g/mol. The van der Waals surface area contributed by atoms with Crippen molar-refractivity contribution in [3.8, 4) is 5.69 Å². The van der Waals surface area contributed by atoms with Gasteiger partial charge in [-0.05, 0) is 49.7 Å². The van der Waals surface area contributed by atoms with Crippen molar-refractivity contribution < 1.29 is 9.53 Å². The van der Waals surface area contributed by atoms with E-state index in [4.69, 9.17) is 16.3 Å². The monoisotopic (exact) mass is 501 g/mol. The third-order valence-electron chi connectivity index (χ3n) is 5.74. The molecule has 0 N–H and O–H groups in total. The minimum atomic E-state index is -0.313. The SMILES string of the molecule is CCOC(=O)c1cccc(Sc2c(C)n(-c3cnn(Cc4ccccc4)c3)c3cc(Cl)ccc23)c1. The van der Waals surface area contributed by atoms with E-state index in [1.165, 1.54) is 5.56 Å². The summed E-state index contributed by atoms with van der Waals surface area (Å²) in [6, 6.07) is 23.7. The summed E-state index contributed by atoms with van der Waals surface area (Å²) in [5.41, 5.74) is 4.80. The van der Waals surface area contributed by atoms with Gasteiger partial charge in [0.15, 0.2) is 0 Å². The fraction of sp³-hybridized carbons (Fsp3) is 0.143. The average molecular weight is 502 g/mol. The normalized spacial score (nSPS) is 11.2. The highest BCUT2D eigenvalue weighted by molar-refractivity contribution is 7.99. The van der Waals surface area contributed by atoms with Crippen LogP contribution in [0.3, 0.4) is 0 Å². The number of esters is 1. The van der Waals surface area contributed by atoms with E-state index in [0.717, 1.165) is 32.1 Å². The highest BCUT2D eigenvalue weighted by atomic mass is 35.5.